The third-order valence-corrected chi connectivity index (χ3v) is 4.45. The van der Waals surface area contributed by atoms with Gasteiger partial charge in [0.2, 0.25) is 0 Å². The molecule has 5 unspecified atom stereocenters. The van der Waals surface area contributed by atoms with Crippen LogP contribution in [0.1, 0.15) is 45.4 Å². The zero-order valence-electron chi connectivity index (χ0n) is 9.78. The molecule has 2 fully saturated rings. The minimum absolute atomic E-state index is 0. The molecule has 1 radical (unpaired) electrons. The topological polar surface area (TPSA) is 49.8 Å². The van der Waals surface area contributed by atoms with Gasteiger partial charge < -0.3 is 11.5 Å². The Morgan fingerprint density at radius 3 is 2.53 bits per heavy atom. The molecular formula is C12H23N2Y-. The van der Waals surface area contributed by atoms with Gasteiger partial charge in [0.25, 0.3) is 0 Å². The molecule has 3 N–H and O–H groups in total. The average Bonchev–Trinajstić information content (AvgIpc) is 2.17. The second-order valence-electron chi connectivity index (χ2n) is 5.33. The Morgan fingerprint density at radius 2 is 1.87 bits per heavy atom. The Morgan fingerprint density at radius 1 is 1.13 bits per heavy atom. The van der Waals surface area contributed by atoms with E-state index in [1.54, 1.807) is 0 Å². The van der Waals surface area contributed by atoms with Gasteiger partial charge >= 0.3 is 0 Å². The van der Waals surface area contributed by atoms with E-state index < -0.39 is 0 Å². The fourth-order valence-corrected chi connectivity index (χ4v) is 3.50. The first-order chi connectivity index (χ1) is 6.70. The van der Waals surface area contributed by atoms with Crippen molar-refractivity contribution >= 4 is 0 Å². The Balaban J connectivity index is 0.00000112. The van der Waals surface area contributed by atoms with Crippen molar-refractivity contribution in [3.05, 3.63) is 5.73 Å². The first-order valence-electron chi connectivity index (χ1n) is 6.17. The molecule has 0 aliphatic heterocycles. The number of hydrogen-bond donors (Lipinski definition) is 1. The molecule has 2 rings (SSSR count). The number of rotatable bonds is 1. The third-order valence-electron chi connectivity index (χ3n) is 4.45. The van der Waals surface area contributed by atoms with Crippen LogP contribution in [0.25, 0.3) is 5.73 Å². The van der Waals surface area contributed by atoms with Crippen LogP contribution in [0, 0.1) is 17.8 Å². The minimum Gasteiger partial charge on any atom is -0.675 e. The molecule has 0 aromatic heterocycles. The van der Waals surface area contributed by atoms with Gasteiger partial charge in [-0.1, -0.05) is 32.6 Å². The Bertz CT molecular complexity index is 198. The molecule has 3 heteroatoms. The molecule has 0 amide bonds. The van der Waals surface area contributed by atoms with Gasteiger partial charge in [0, 0.05) is 38.8 Å². The van der Waals surface area contributed by atoms with E-state index >= 15 is 0 Å². The monoisotopic (exact) mass is 284 g/mol. The van der Waals surface area contributed by atoms with Crippen molar-refractivity contribution in [2.45, 2.75) is 57.5 Å². The molecule has 0 bridgehead atoms. The van der Waals surface area contributed by atoms with E-state index in [0.29, 0.717) is 6.04 Å². The van der Waals surface area contributed by atoms with Gasteiger partial charge in [0.1, 0.15) is 0 Å². The normalized spacial score (nSPS) is 45.4. The summed E-state index contributed by atoms with van der Waals surface area (Å²) >= 11 is 0. The van der Waals surface area contributed by atoms with Crippen molar-refractivity contribution in [2.24, 2.45) is 23.5 Å². The number of hydrogen-bond acceptors (Lipinski definition) is 1. The summed E-state index contributed by atoms with van der Waals surface area (Å²) in [7, 11) is 0. The molecule has 2 aliphatic carbocycles. The Labute approximate surface area is 119 Å². The summed E-state index contributed by atoms with van der Waals surface area (Å²) in [6.07, 6.45) is 7.29. The zero-order valence-corrected chi connectivity index (χ0v) is 12.6. The van der Waals surface area contributed by atoms with Crippen molar-refractivity contribution in [1.82, 2.24) is 0 Å². The summed E-state index contributed by atoms with van der Waals surface area (Å²) in [5, 5.41) is 0. The molecule has 2 saturated carbocycles. The summed E-state index contributed by atoms with van der Waals surface area (Å²) in [6, 6.07) is 0.673. The Hall–Kier alpha value is 1.02. The van der Waals surface area contributed by atoms with Gasteiger partial charge in [-0.25, -0.2) is 0 Å². The van der Waals surface area contributed by atoms with E-state index in [2.05, 4.69) is 6.92 Å². The molecular weight excluding hydrogens is 261 g/mol. The maximum atomic E-state index is 7.84. The van der Waals surface area contributed by atoms with Crippen molar-refractivity contribution in [3.8, 4) is 0 Å². The van der Waals surface area contributed by atoms with Gasteiger partial charge in [-0.05, 0) is 30.6 Å². The molecule has 2 aliphatic rings. The second-order valence-corrected chi connectivity index (χ2v) is 5.33. The maximum absolute atomic E-state index is 7.84. The van der Waals surface area contributed by atoms with Crippen LogP contribution in [0.5, 0.6) is 0 Å². The Kier molecular flexibility index (Phi) is 5.72. The second kappa shape index (κ2) is 6.09. The summed E-state index contributed by atoms with van der Waals surface area (Å²) in [5.41, 5.74) is 14.0. The van der Waals surface area contributed by atoms with E-state index in [1.165, 1.54) is 25.7 Å². The summed E-state index contributed by atoms with van der Waals surface area (Å²) in [5.74, 6) is 2.42. The fraction of sp³-hybridized carbons (Fsp3) is 1.00. The van der Waals surface area contributed by atoms with Crippen molar-refractivity contribution in [1.29, 1.82) is 0 Å². The van der Waals surface area contributed by atoms with Gasteiger partial charge in [-0.3, -0.25) is 0 Å². The molecule has 5 atom stereocenters. The predicted molar refractivity (Wildman–Crippen MR) is 59.9 cm³/mol. The standard InChI is InChI=1S/C12H23N2.Y/c1-2-8-5-10-6-11(13)4-3-9(10)7-12(8)14;/h8-13H,2-7,14H2,1H3;/q-1;. The minimum atomic E-state index is 0. The molecule has 0 heterocycles. The largest absolute Gasteiger partial charge is 0.675 e. The van der Waals surface area contributed by atoms with Gasteiger partial charge in [0.05, 0.1) is 0 Å². The van der Waals surface area contributed by atoms with Crippen LogP contribution in [-0.4, -0.2) is 12.1 Å². The molecule has 0 saturated heterocycles. The van der Waals surface area contributed by atoms with Crippen LogP contribution in [0.15, 0.2) is 0 Å². The van der Waals surface area contributed by atoms with E-state index in [9.17, 15) is 0 Å². The first kappa shape index (κ1) is 14.1. The van der Waals surface area contributed by atoms with Crippen LogP contribution in [-0.2, 0) is 32.7 Å². The SMILES string of the molecule is CCC1CC2CC([NH-])CCC2CC1N.[Y]. The maximum Gasteiger partial charge on any atom is 0.00699 e. The van der Waals surface area contributed by atoms with Crippen molar-refractivity contribution in [2.75, 3.05) is 0 Å². The molecule has 0 spiro atoms. The third kappa shape index (κ3) is 3.24. The summed E-state index contributed by atoms with van der Waals surface area (Å²) < 4.78 is 0. The molecule has 15 heavy (non-hydrogen) atoms. The van der Waals surface area contributed by atoms with E-state index in [0.717, 1.165) is 30.6 Å². The van der Waals surface area contributed by atoms with Crippen LogP contribution >= 0.6 is 0 Å². The number of fused-ring (bicyclic) bond motifs is 1. The van der Waals surface area contributed by atoms with Crippen molar-refractivity contribution in [3.63, 3.8) is 0 Å². The van der Waals surface area contributed by atoms with Gasteiger partial charge in [-0.2, -0.15) is 0 Å². The molecule has 0 aromatic carbocycles. The van der Waals surface area contributed by atoms with E-state index in [1.807, 2.05) is 0 Å². The van der Waals surface area contributed by atoms with Gasteiger partial charge in [-0.15, -0.1) is 6.04 Å². The first-order valence-corrected chi connectivity index (χ1v) is 6.17. The van der Waals surface area contributed by atoms with Crippen LogP contribution in [0.4, 0.5) is 0 Å². The van der Waals surface area contributed by atoms with Crippen molar-refractivity contribution < 1.29 is 32.7 Å². The molecule has 2 nitrogen and oxygen atoms in total. The summed E-state index contributed by atoms with van der Waals surface area (Å²) in [4.78, 5) is 0. The smallest absolute Gasteiger partial charge is 0.00699 e. The molecule has 85 valence electrons. The van der Waals surface area contributed by atoms with E-state index in [-0.39, 0.29) is 38.8 Å². The average molecular weight is 284 g/mol. The zero-order chi connectivity index (χ0) is 10.1. The van der Waals surface area contributed by atoms with Gasteiger partial charge in [0.15, 0.2) is 0 Å². The number of nitrogens with two attached hydrogens (primary N) is 1. The molecule has 0 aromatic rings. The van der Waals surface area contributed by atoms with Crippen LogP contribution in [0.2, 0.25) is 0 Å². The van der Waals surface area contributed by atoms with Crippen LogP contribution < -0.4 is 5.73 Å². The summed E-state index contributed by atoms with van der Waals surface area (Å²) in [6.45, 7) is 2.26. The predicted octanol–water partition coefficient (Wildman–Crippen LogP) is 2.97. The number of nitrogens with one attached hydrogen (secondary N) is 1. The fourth-order valence-electron chi connectivity index (χ4n) is 3.50. The van der Waals surface area contributed by atoms with Crippen LogP contribution in [0.3, 0.4) is 0 Å². The quantitative estimate of drug-likeness (QED) is 0.790. The van der Waals surface area contributed by atoms with E-state index in [4.69, 9.17) is 11.5 Å².